The van der Waals surface area contributed by atoms with Gasteiger partial charge in [0.15, 0.2) is 0 Å². The Bertz CT molecular complexity index is 715. The molecule has 2 rings (SSSR count). The van der Waals surface area contributed by atoms with Gasteiger partial charge in [0.1, 0.15) is 0 Å². The normalized spacial score (nSPS) is 13.6. The second kappa shape index (κ2) is 9.55. The fourth-order valence-corrected chi connectivity index (χ4v) is 3.44. The maximum absolute atomic E-state index is 11.4. The van der Waals surface area contributed by atoms with Crippen LogP contribution in [0.15, 0.2) is 41.3 Å². The third kappa shape index (κ3) is 5.97. The van der Waals surface area contributed by atoms with Crippen molar-refractivity contribution in [1.29, 1.82) is 0 Å². The lowest BCUT2D eigenvalue weighted by atomic mass is 10.1. The lowest BCUT2D eigenvalue weighted by Crippen LogP contribution is -2.23. The highest BCUT2D eigenvalue weighted by molar-refractivity contribution is 7.84. The minimum Gasteiger partial charge on any atom is -0.396 e. The van der Waals surface area contributed by atoms with Gasteiger partial charge in [0.05, 0.1) is 21.8 Å². The molecule has 0 saturated heterocycles. The first kappa shape index (κ1) is 20.2. The van der Waals surface area contributed by atoms with Gasteiger partial charge in [-0.15, -0.1) is 0 Å². The molecule has 0 fully saturated rings. The van der Waals surface area contributed by atoms with Gasteiger partial charge in [0, 0.05) is 28.5 Å². The molecule has 0 spiro atoms. The van der Waals surface area contributed by atoms with E-state index in [9.17, 15) is 9.32 Å². The number of anilines is 1. The standard InChI is InChI=1S/C18H22Cl2N2O2S/c1-25(24)14-6-4-12(5-7-14)3-2-8-22-11-17(23)13-9-15(19)18(21)16(20)10-13/h4-7,9-10,17,22-23H,2-3,8,11,21H2,1H3. The number of hydrogen-bond acceptors (Lipinski definition) is 4. The Morgan fingerprint density at radius 3 is 2.36 bits per heavy atom. The highest BCUT2D eigenvalue weighted by Crippen LogP contribution is 2.31. The molecule has 4 nitrogen and oxygen atoms in total. The molecule has 0 saturated carbocycles. The molecule has 0 bridgehead atoms. The number of nitrogen functional groups attached to an aromatic ring is 1. The molecule has 4 N–H and O–H groups in total. The summed E-state index contributed by atoms with van der Waals surface area (Å²) in [6.45, 7) is 1.18. The van der Waals surface area contributed by atoms with Gasteiger partial charge in [0.2, 0.25) is 0 Å². The average molecular weight is 401 g/mol. The molecule has 25 heavy (non-hydrogen) atoms. The Kier molecular flexibility index (Phi) is 7.72. The Hall–Kier alpha value is -1.11. The zero-order valence-electron chi connectivity index (χ0n) is 14.0. The van der Waals surface area contributed by atoms with E-state index in [0.29, 0.717) is 27.8 Å². The van der Waals surface area contributed by atoms with E-state index in [-0.39, 0.29) is 0 Å². The van der Waals surface area contributed by atoms with E-state index in [1.807, 2.05) is 24.3 Å². The number of rotatable bonds is 8. The number of aryl methyl sites for hydroxylation is 1. The Morgan fingerprint density at radius 2 is 1.80 bits per heavy atom. The smallest absolute Gasteiger partial charge is 0.0915 e. The van der Waals surface area contributed by atoms with Crippen molar-refractivity contribution in [1.82, 2.24) is 5.32 Å². The van der Waals surface area contributed by atoms with Crippen LogP contribution in [0.1, 0.15) is 23.7 Å². The molecule has 0 amide bonds. The summed E-state index contributed by atoms with van der Waals surface area (Å²) in [5, 5.41) is 14.1. The van der Waals surface area contributed by atoms with E-state index in [2.05, 4.69) is 5.32 Å². The number of benzene rings is 2. The van der Waals surface area contributed by atoms with Gasteiger partial charge in [-0.1, -0.05) is 35.3 Å². The van der Waals surface area contributed by atoms with Gasteiger partial charge >= 0.3 is 0 Å². The molecular weight excluding hydrogens is 379 g/mol. The fraction of sp³-hybridized carbons (Fsp3) is 0.333. The lowest BCUT2D eigenvalue weighted by molar-refractivity contribution is 0.175. The van der Waals surface area contributed by atoms with Crippen molar-refractivity contribution in [3.8, 4) is 0 Å². The summed E-state index contributed by atoms with van der Waals surface area (Å²) in [4.78, 5) is 0.839. The number of aliphatic hydroxyl groups excluding tert-OH is 1. The van der Waals surface area contributed by atoms with E-state index < -0.39 is 16.9 Å². The molecule has 0 aliphatic rings. The predicted molar refractivity (Wildman–Crippen MR) is 106 cm³/mol. The van der Waals surface area contributed by atoms with Crippen LogP contribution in [0.2, 0.25) is 10.0 Å². The third-order valence-electron chi connectivity index (χ3n) is 3.90. The first-order valence-electron chi connectivity index (χ1n) is 7.94. The quantitative estimate of drug-likeness (QED) is 0.467. The first-order valence-corrected chi connectivity index (χ1v) is 10.3. The maximum Gasteiger partial charge on any atom is 0.0915 e. The molecule has 0 radical (unpaired) electrons. The summed E-state index contributed by atoms with van der Waals surface area (Å²) >= 11 is 12.0. The van der Waals surface area contributed by atoms with Crippen LogP contribution in [-0.2, 0) is 17.2 Å². The molecule has 2 aromatic carbocycles. The molecule has 7 heteroatoms. The van der Waals surface area contributed by atoms with Gasteiger partial charge in [-0.2, -0.15) is 0 Å². The molecular formula is C18H22Cl2N2O2S. The number of nitrogens with two attached hydrogens (primary N) is 1. The average Bonchev–Trinajstić information content (AvgIpc) is 2.59. The van der Waals surface area contributed by atoms with Gasteiger partial charge in [-0.25, -0.2) is 0 Å². The van der Waals surface area contributed by atoms with Crippen molar-refractivity contribution in [2.75, 3.05) is 25.1 Å². The molecule has 0 aliphatic carbocycles. The van der Waals surface area contributed by atoms with Crippen molar-refractivity contribution in [3.05, 3.63) is 57.6 Å². The summed E-state index contributed by atoms with van der Waals surface area (Å²) in [6, 6.07) is 11.1. The summed E-state index contributed by atoms with van der Waals surface area (Å²) in [5.41, 5.74) is 7.86. The van der Waals surface area contributed by atoms with Crippen LogP contribution in [0.4, 0.5) is 5.69 Å². The van der Waals surface area contributed by atoms with Crippen molar-refractivity contribution in [2.45, 2.75) is 23.8 Å². The zero-order chi connectivity index (χ0) is 18.4. The topological polar surface area (TPSA) is 75.3 Å². The van der Waals surface area contributed by atoms with Crippen molar-refractivity contribution in [2.24, 2.45) is 0 Å². The van der Waals surface area contributed by atoms with Crippen molar-refractivity contribution >= 4 is 39.7 Å². The second-order valence-corrected chi connectivity index (χ2v) is 8.01. The monoisotopic (exact) mass is 400 g/mol. The highest BCUT2D eigenvalue weighted by atomic mass is 35.5. The number of nitrogens with one attached hydrogen (secondary N) is 1. The van der Waals surface area contributed by atoms with E-state index in [4.69, 9.17) is 28.9 Å². The van der Waals surface area contributed by atoms with Crippen LogP contribution in [-0.4, -0.2) is 28.7 Å². The highest BCUT2D eigenvalue weighted by Gasteiger charge is 2.11. The number of hydrogen-bond donors (Lipinski definition) is 3. The Morgan fingerprint density at radius 1 is 1.20 bits per heavy atom. The molecule has 0 aliphatic heterocycles. The Labute approximate surface area is 160 Å². The van der Waals surface area contributed by atoms with Gasteiger partial charge in [-0.05, 0) is 54.8 Å². The first-order chi connectivity index (χ1) is 11.9. The molecule has 2 aromatic rings. The molecule has 2 unspecified atom stereocenters. The van der Waals surface area contributed by atoms with Crippen LogP contribution in [0.5, 0.6) is 0 Å². The SMILES string of the molecule is CS(=O)c1ccc(CCCNCC(O)c2cc(Cl)c(N)c(Cl)c2)cc1. The Balaban J connectivity index is 1.74. The van der Waals surface area contributed by atoms with E-state index in [1.165, 1.54) is 5.56 Å². The van der Waals surface area contributed by atoms with Gasteiger partial charge in [0.25, 0.3) is 0 Å². The number of halogens is 2. The van der Waals surface area contributed by atoms with Crippen molar-refractivity contribution < 1.29 is 9.32 Å². The van der Waals surface area contributed by atoms with E-state index in [1.54, 1.807) is 18.4 Å². The largest absolute Gasteiger partial charge is 0.396 e. The zero-order valence-corrected chi connectivity index (χ0v) is 16.3. The minimum atomic E-state index is -0.941. The van der Waals surface area contributed by atoms with Crippen LogP contribution >= 0.6 is 23.2 Å². The lowest BCUT2D eigenvalue weighted by Gasteiger charge is -2.14. The number of aliphatic hydroxyl groups is 1. The van der Waals surface area contributed by atoms with Crippen LogP contribution in [0, 0.1) is 0 Å². The van der Waals surface area contributed by atoms with Gasteiger partial charge < -0.3 is 16.2 Å². The van der Waals surface area contributed by atoms with Crippen LogP contribution in [0.25, 0.3) is 0 Å². The third-order valence-corrected chi connectivity index (χ3v) is 5.46. The van der Waals surface area contributed by atoms with E-state index in [0.717, 1.165) is 24.3 Å². The second-order valence-electron chi connectivity index (χ2n) is 5.82. The van der Waals surface area contributed by atoms with Crippen molar-refractivity contribution in [3.63, 3.8) is 0 Å². The fourth-order valence-electron chi connectivity index (χ4n) is 2.42. The predicted octanol–water partition coefficient (Wildman–Crippen LogP) is 3.57. The summed E-state index contributed by atoms with van der Waals surface area (Å²) in [6.07, 6.45) is 2.82. The molecule has 0 aromatic heterocycles. The molecule has 2 atom stereocenters. The molecule has 0 heterocycles. The molecule has 136 valence electrons. The summed E-state index contributed by atoms with van der Waals surface area (Å²) in [7, 11) is -0.941. The maximum atomic E-state index is 11.4. The summed E-state index contributed by atoms with van der Waals surface area (Å²) < 4.78 is 11.4. The van der Waals surface area contributed by atoms with E-state index >= 15 is 0 Å². The van der Waals surface area contributed by atoms with Gasteiger partial charge in [-0.3, -0.25) is 4.21 Å². The summed E-state index contributed by atoms with van der Waals surface area (Å²) in [5.74, 6) is 0. The van der Waals surface area contributed by atoms with Crippen LogP contribution < -0.4 is 11.1 Å². The van der Waals surface area contributed by atoms with Crippen LogP contribution in [0.3, 0.4) is 0 Å². The minimum absolute atomic E-state index is 0.324.